The Bertz CT molecular complexity index is 894. The molecule has 0 unspecified atom stereocenters. The molecular weight excluding hydrogens is 327 g/mol. The van der Waals surface area contributed by atoms with Crippen LogP contribution in [0.1, 0.15) is 5.56 Å². The number of oxazole rings is 1. The van der Waals surface area contributed by atoms with Gasteiger partial charge in [0.25, 0.3) is 0 Å². The molecule has 0 aliphatic heterocycles. The Labute approximate surface area is 134 Å². The van der Waals surface area contributed by atoms with Crippen LogP contribution in [0.4, 0.5) is 5.69 Å². The van der Waals surface area contributed by atoms with Crippen LogP contribution in [0, 0.1) is 0 Å². The van der Waals surface area contributed by atoms with Gasteiger partial charge in [-0.3, -0.25) is 9.78 Å². The molecule has 0 atom stereocenters. The van der Waals surface area contributed by atoms with Gasteiger partial charge in [0.05, 0.1) is 11.9 Å². The summed E-state index contributed by atoms with van der Waals surface area (Å²) in [5.74, 6) is -0.804. The van der Waals surface area contributed by atoms with Crippen LogP contribution in [0.5, 0.6) is 0 Å². The number of carbonyl (C=O) groups excluding carboxylic acids is 1. The summed E-state index contributed by atoms with van der Waals surface area (Å²) < 4.78 is 4.90. The quantitative estimate of drug-likeness (QED) is 0.767. The third kappa shape index (κ3) is 3.00. The van der Waals surface area contributed by atoms with Crippen LogP contribution in [0.2, 0.25) is 10.0 Å². The molecule has 1 aromatic heterocycles. The fourth-order valence-electron chi connectivity index (χ4n) is 2.10. The Morgan fingerprint density at radius 2 is 1.91 bits per heavy atom. The number of H-pyrrole nitrogens is 1. The summed E-state index contributed by atoms with van der Waals surface area (Å²) >= 11 is 12.1. The van der Waals surface area contributed by atoms with Crippen LogP contribution >= 0.6 is 23.2 Å². The summed E-state index contributed by atoms with van der Waals surface area (Å²) in [4.78, 5) is 25.7. The molecule has 0 spiro atoms. The highest BCUT2D eigenvalue weighted by atomic mass is 35.5. The lowest BCUT2D eigenvalue weighted by Crippen LogP contribution is -2.14. The van der Waals surface area contributed by atoms with Gasteiger partial charge in [0.1, 0.15) is 0 Å². The van der Waals surface area contributed by atoms with Gasteiger partial charge in [0.15, 0.2) is 5.58 Å². The van der Waals surface area contributed by atoms with Gasteiger partial charge in [-0.1, -0.05) is 29.3 Å². The Morgan fingerprint density at radius 1 is 1.18 bits per heavy atom. The molecule has 0 bridgehead atoms. The summed E-state index contributed by atoms with van der Waals surface area (Å²) in [5, 5.41) is 3.61. The average molecular weight is 337 g/mol. The van der Waals surface area contributed by atoms with E-state index in [0.717, 1.165) is 0 Å². The van der Waals surface area contributed by atoms with Gasteiger partial charge < -0.3 is 9.73 Å². The Kier molecular flexibility index (Phi) is 3.92. The number of carbonyl (C=O) groups is 1. The van der Waals surface area contributed by atoms with Gasteiger partial charge >= 0.3 is 5.76 Å². The zero-order chi connectivity index (χ0) is 15.7. The van der Waals surface area contributed by atoms with Gasteiger partial charge in [0.2, 0.25) is 5.91 Å². The van der Waals surface area contributed by atoms with E-state index in [2.05, 4.69) is 10.3 Å². The first-order valence-corrected chi connectivity index (χ1v) is 7.14. The number of anilines is 1. The number of aromatic nitrogens is 1. The Morgan fingerprint density at radius 3 is 2.64 bits per heavy atom. The monoisotopic (exact) mass is 336 g/mol. The van der Waals surface area contributed by atoms with E-state index < -0.39 is 5.76 Å². The summed E-state index contributed by atoms with van der Waals surface area (Å²) in [6, 6.07) is 9.94. The van der Waals surface area contributed by atoms with E-state index >= 15 is 0 Å². The molecule has 0 aliphatic carbocycles. The second kappa shape index (κ2) is 5.87. The zero-order valence-electron chi connectivity index (χ0n) is 11.2. The summed E-state index contributed by atoms with van der Waals surface area (Å²) in [7, 11) is 0. The molecule has 5 nitrogen and oxygen atoms in total. The maximum atomic E-state index is 12.1. The first-order valence-electron chi connectivity index (χ1n) is 6.38. The Balaban J connectivity index is 1.79. The molecule has 0 aliphatic rings. The number of benzene rings is 2. The second-order valence-corrected chi connectivity index (χ2v) is 5.47. The fraction of sp³-hybridized carbons (Fsp3) is 0.0667. The third-order valence-corrected chi connectivity index (χ3v) is 3.81. The Hall–Kier alpha value is -2.24. The van der Waals surface area contributed by atoms with Crippen molar-refractivity contribution in [3.05, 3.63) is 62.6 Å². The van der Waals surface area contributed by atoms with E-state index in [4.69, 9.17) is 27.6 Å². The fourth-order valence-corrected chi connectivity index (χ4v) is 2.63. The van der Waals surface area contributed by atoms with Gasteiger partial charge in [-0.2, -0.15) is 0 Å². The van der Waals surface area contributed by atoms with Crippen molar-refractivity contribution < 1.29 is 9.21 Å². The smallest absolute Gasteiger partial charge is 0.408 e. The highest BCUT2D eigenvalue weighted by Gasteiger charge is 2.11. The molecule has 0 fully saturated rings. The molecule has 0 saturated carbocycles. The maximum Gasteiger partial charge on any atom is 0.417 e. The van der Waals surface area contributed by atoms with Crippen LogP contribution in [0.25, 0.3) is 11.1 Å². The molecule has 112 valence electrons. The largest absolute Gasteiger partial charge is 0.417 e. The number of hydrogen-bond donors (Lipinski definition) is 2. The molecule has 7 heteroatoms. The number of amides is 1. The van der Waals surface area contributed by atoms with Gasteiger partial charge in [0, 0.05) is 15.7 Å². The van der Waals surface area contributed by atoms with E-state index in [-0.39, 0.29) is 12.3 Å². The number of fused-ring (bicyclic) bond motifs is 1. The number of hydrogen-bond acceptors (Lipinski definition) is 3. The van der Waals surface area contributed by atoms with Crippen molar-refractivity contribution in [2.75, 3.05) is 5.32 Å². The average Bonchev–Trinajstić information content (AvgIpc) is 2.82. The van der Waals surface area contributed by atoms with Crippen molar-refractivity contribution in [3.8, 4) is 0 Å². The number of rotatable bonds is 3. The molecule has 22 heavy (non-hydrogen) atoms. The molecule has 0 saturated heterocycles. The summed E-state index contributed by atoms with van der Waals surface area (Å²) in [6.45, 7) is 0. The van der Waals surface area contributed by atoms with Crippen molar-refractivity contribution in [1.29, 1.82) is 0 Å². The first-order chi connectivity index (χ1) is 10.5. The van der Waals surface area contributed by atoms with Crippen molar-refractivity contribution in [3.63, 3.8) is 0 Å². The van der Waals surface area contributed by atoms with Crippen LogP contribution in [0.15, 0.2) is 45.6 Å². The predicted molar refractivity (Wildman–Crippen MR) is 85.6 cm³/mol. The molecule has 1 amide bonds. The van der Waals surface area contributed by atoms with Crippen molar-refractivity contribution >= 4 is 45.9 Å². The molecule has 1 heterocycles. The molecule has 0 radical (unpaired) electrons. The summed E-state index contributed by atoms with van der Waals surface area (Å²) in [6.07, 6.45) is 0.0540. The van der Waals surface area contributed by atoms with Crippen molar-refractivity contribution in [2.24, 2.45) is 0 Å². The van der Waals surface area contributed by atoms with Gasteiger partial charge in [-0.25, -0.2) is 4.79 Å². The number of aromatic amines is 1. The minimum absolute atomic E-state index is 0.0540. The highest BCUT2D eigenvalue weighted by molar-refractivity contribution is 6.36. The normalized spacial score (nSPS) is 10.8. The van der Waals surface area contributed by atoms with E-state index in [0.29, 0.717) is 32.4 Å². The molecule has 3 aromatic rings. The number of nitrogens with one attached hydrogen (secondary N) is 2. The zero-order valence-corrected chi connectivity index (χ0v) is 12.7. The lowest BCUT2D eigenvalue weighted by molar-refractivity contribution is -0.115. The standard InChI is InChI=1S/C15H10Cl2N2O3/c16-10-2-1-3-11(17)9(10)7-14(20)18-8-4-5-13-12(6-8)19-15(21)22-13/h1-6H,7H2,(H,18,20)(H,19,21). The molecule has 2 aromatic carbocycles. The summed E-state index contributed by atoms with van der Waals surface area (Å²) in [5.41, 5.74) is 2.05. The molecule has 2 N–H and O–H groups in total. The second-order valence-electron chi connectivity index (χ2n) is 4.65. The SMILES string of the molecule is O=C(Cc1c(Cl)cccc1Cl)Nc1ccc2oc(=O)[nH]c2c1. The third-order valence-electron chi connectivity index (χ3n) is 3.10. The minimum atomic E-state index is -0.540. The van der Waals surface area contributed by atoms with Crippen LogP contribution in [0.3, 0.4) is 0 Å². The van der Waals surface area contributed by atoms with Crippen LogP contribution < -0.4 is 11.1 Å². The van der Waals surface area contributed by atoms with E-state index in [1.165, 1.54) is 0 Å². The van der Waals surface area contributed by atoms with Crippen molar-refractivity contribution in [1.82, 2.24) is 4.98 Å². The highest BCUT2D eigenvalue weighted by Crippen LogP contribution is 2.25. The lowest BCUT2D eigenvalue weighted by atomic mass is 10.1. The molecule has 3 rings (SSSR count). The predicted octanol–water partition coefficient (Wildman–Crippen LogP) is 3.61. The topological polar surface area (TPSA) is 75.1 Å². The van der Waals surface area contributed by atoms with Gasteiger partial charge in [-0.05, 0) is 35.9 Å². The minimum Gasteiger partial charge on any atom is -0.408 e. The number of halogens is 2. The van der Waals surface area contributed by atoms with Crippen LogP contribution in [-0.4, -0.2) is 10.9 Å². The van der Waals surface area contributed by atoms with E-state index in [9.17, 15) is 9.59 Å². The van der Waals surface area contributed by atoms with E-state index in [1.807, 2.05) is 0 Å². The first kappa shape index (κ1) is 14.7. The van der Waals surface area contributed by atoms with Crippen molar-refractivity contribution in [2.45, 2.75) is 6.42 Å². The lowest BCUT2D eigenvalue weighted by Gasteiger charge is -2.08. The van der Waals surface area contributed by atoms with Crippen LogP contribution in [-0.2, 0) is 11.2 Å². The van der Waals surface area contributed by atoms with E-state index in [1.54, 1.807) is 36.4 Å². The van der Waals surface area contributed by atoms with Gasteiger partial charge in [-0.15, -0.1) is 0 Å². The molecular formula is C15H10Cl2N2O3. The maximum absolute atomic E-state index is 12.1.